The van der Waals surface area contributed by atoms with Crippen molar-refractivity contribution in [3.8, 4) is 0 Å². The lowest BCUT2D eigenvalue weighted by Crippen LogP contribution is -2.35. The Morgan fingerprint density at radius 1 is 1.35 bits per heavy atom. The van der Waals surface area contributed by atoms with Crippen molar-refractivity contribution in [3.05, 3.63) is 28.2 Å². The highest BCUT2D eigenvalue weighted by Crippen LogP contribution is 2.31. The van der Waals surface area contributed by atoms with E-state index in [2.05, 4.69) is 15.9 Å². The molecule has 1 unspecified atom stereocenters. The molecule has 0 N–H and O–H groups in total. The number of benzene rings is 1. The van der Waals surface area contributed by atoms with Gasteiger partial charge in [0.2, 0.25) is 10.0 Å². The Kier molecular flexibility index (Phi) is 4.48. The molecule has 1 aliphatic heterocycles. The molecule has 0 bridgehead atoms. The van der Waals surface area contributed by atoms with E-state index in [1.54, 1.807) is 0 Å². The fraction of sp³-hybridized carbons (Fsp3) is 0.500. The van der Waals surface area contributed by atoms with Gasteiger partial charge >= 0.3 is 0 Å². The second kappa shape index (κ2) is 5.67. The summed E-state index contributed by atoms with van der Waals surface area (Å²) in [6.45, 7) is 0.632. The molecule has 8 heteroatoms. The van der Waals surface area contributed by atoms with Gasteiger partial charge in [-0.3, -0.25) is 0 Å². The van der Waals surface area contributed by atoms with Crippen LogP contribution in [-0.2, 0) is 10.0 Å². The number of likely N-dealkylation sites (N-methyl/N-ethyl adjacent to an activating group) is 1. The van der Waals surface area contributed by atoms with E-state index in [9.17, 15) is 17.2 Å². The van der Waals surface area contributed by atoms with Crippen LogP contribution in [0, 0.1) is 11.6 Å². The predicted molar refractivity (Wildman–Crippen MR) is 74.9 cm³/mol. The zero-order valence-corrected chi connectivity index (χ0v) is 13.5. The SMILES string of the molecule is CN(C)C1CCN(S(=O)(=O)c2c(F)cc(F)cc2Br)C1. The van der Waals surface area contributed by atoms with Crippen LogP contribution in [-0.4, -0.2) is 50.8 Å². The van der Waals surface area contributed by atoms with Crippen LogP contribution >= 0.6 is 15.9 Å². The van der Waals surface area contributed by atoms with Crippen LogP contribution in [0.15, 0.2) is 21.5 Å². The van der Waals surface area contributed by atoms with Gasteiger partial charge in [0.15, 0.2) is 0 Å². The molecule has 1 aromatic carbocycles. The van der Waals surface area contributed by atoms with Gasteiger partial charge in [0, 0.05) is 29.7 Å². The first-order chi connectivity index (χ1) is 9.23. The first-order valence-electron chi connectivity index (χ1n) is 6.04. The summed E-state index contributed by atoms with van der Waals surface area (Å²) in [6.07, 6.45) is 0.687. The van der Waals surface area contributed by atoms with E-state index in [-0.39, 0.29) is 10.5 Å². The molecule has 4 nitrogen and oxygen atoms in total. The third-order valence-corrected chi connectivity index (χ3v) is 6.25. The van der Waals surface area contributed by atoms with E-state index in [1.165, 1.54) is 4.31 Å². The molecule has 0 radical (unpaired) electrons. The fourth-order valence-electron chi connectivity index (χ4n) is 2.25. The van der Waals surface area contributed by atoms with Crippen molar-refractivity contribution in [2.24, 2.45) is 0 Å². The van der Waals surface area contributed by atoms with Crippen molar-refractivity contribution in [1.82, 2.24) is 9.21 Å². The Labute approximate surface area is 125 Å². The quantitative estimate of drug-likeness (QED) is 0.819. The van der Waals surface area contributed by atoms with Crippen LogP contribution in [0.1, 0.15) is 6.42 Å². The minimum atomic E-state index is -3.97. The maximum absolute atomic E-state index is 13.8. The Balaban J connectivity index is 2.38. The van der Waals surface area contributed by atoms with Crippen LogP contribution in [0.4, 0.5) is 8.78 Å². The van der Waals surface area contributed by atoms with Crippen LogP contribution in [0.3, 0.4) is 0 Å². The minimum absolute atomic E-state index is 0.0942. The van der Waals surface area contributed by atoms with Gasteiger partial charge in [-0.05, 0) is 42.5 Å². The summed E-state index contributed by atoms with van der Waals surface area (Å²) < 4.78 is 53.0. The van der Waals surface area contributed by atoms with Crippen LogP contribution < -0.4 is 0 Å². The molecule has 1 fully saturated rings. The first kappa shape index (κ1) is 15.8. The van der Waals surface area contributed by atoms with Gasteiger partial charge in [0.25, 0.3) is 0 Å². The standard InChI is InChI=1S/C12H15BrF2N2O2S/c1-16(2)9-3-4-17(7-9)20(18,19)12-10(13)5-8(14)6-11(12)15/h5-6,9H,3-4,7H2,1-2H3. The van der Waals surface area contributed by atoms with Gasteiger partial charge in [0.1, 0.15) is 16.5 Å². The lowest BCUT2D eigenvalue weighted by molar-refractivity contribution is 0.302. The molecule has 0 amide bonds. The second-order valence-corrected chi connectivity index (χ2v) is 7.70. The molecule has 1 aromatic rings. The van der Waals surface area contributed by atoms with Crippen LogP contribution in [0.2, 0.25) is 0 Å². The molecule has 1 aliphatic rings. The molecule has 0 spiro atoms. The maximum atomic E-state index is 13.8. The lowest BCUT2D eigenvalue weighted by atomic mass is 10.2. The molecule has 20 heavy (non-hydrogen) atoms. The van der Waals surface area contributed by atoms with Crippen molar-refractivity contribution in [2.45, 2.75) is 17.4 Å². The molecule has 112 valence electrons. The highest BCUT2D eigenvalue weighted by molar-refractivity contribution is 9.10. The molecule has 0 aliphatic carbocycles. The van der Waals surface area contributed by atoms with Gasteiger partial charge in [-0.1, -0.05) is 0 Å². The molecular weight excluding hydrogens is 354 g/mol. The monoisotopic (exact) mass is 368 g/mol. The topological polar surface area (TPSA) is 40.6 Å². The highest BCUT2D eigenvalue weighted by Gasteiger charge is 2.36. The van der Waals surface area contributed by atoms with E-state index < -0.39 is 26.6 Å². The Bertz CT molecular complexity index is 599. The van der Waals surface area contributed by atoms with Gasteiger partial charge in [-0.2, -0.15) is 4.31 Å². The third kappa shape index (κ3) is 2.88. The molecule has 0 aromatic heterocycles. The summed E-state index contributed by atoms with van der Waals surface area (Å²) in [5.74, 6) is -1.90. The van der Waals surface area contributed by atoms with Crippen molar-refractivity contribution < 1.29 is 17.2 Å². The zero-order valence-electron chi connectivity index (χ0n) is 11.1. The van der Waals surface area contributed by atoms with Crippen molar-refractivity contribution in [1.29, 1.82) is 0 Å². The normalized spacial score (nSPS) is 20.8. The smallest absolute Gasteiger partial charge is 0.247 e. The van der Waals surface area contributed by atoms with Gasteiger partial charge in [-0.25, -0.2) is 17.2 Å². The van der Waals surface area contributed by atoms with E-state index in [0.717, 1.165) is 6.07 Å². The number of nitrogens with zero attached hydrogens (tertiary/aromatic N) is 2. The number of rotatable bonds is 3. The Morgan fingerprint density at radius 3 is 2.50 bits per heavy atom. The summed E-state index contributed by atoms with van der Waals surface area (Å²) in [5.41, 5.74) is 0. The third-order valence-electron chi connectivity index (χ3n) is 3.42. The van der Waals surface area contributed by atoms with Gasteiger partial charge < -0.3 is 4.90 Å². The summed E-state index contributed by atoms with van der Waals surface area (Å²) >= 11 is 2.93. The number of halogens is 3. The average molecular weight is 369 g/mol. The zero-order chi connectivity index (χ0) is 15.1. The summed E-state index contributed by atoms with van der Waals surface area (Å²) in [6, 6.07) is 1.64. The maximum Gasteiger partial charge on any atom is 0.247 e. The van der Waals surface area contributed by atoms with Gasteiger partial charge in [-0.15, -0.1) is 0 Å². The van der Waals surface area contributed by atoms with E-state index >= 15 is 0 Å². The van der Waals surface area contributed by atoms with E-state index in [4.69, 9.17) is 0 Å². The molecule has 0 saturated carbocycles. The van der Waals surface area contributed by atoms with Crippen molar-refractivity contribution in [2.75, 3.05) is 27.2 Å². The lowest BCUT2D eigenvalue weighted by Gasteiger charge is -2.21. The largest absolute Gasteiger partial charge is 0.305 e. The summed E-state index contributed by atoms with van der Waals surface area (Å²) in [5, 5.41) is 0. The summed E-state index contributed by atoms with van der Waals surface area (Å²) in [4.78, 5) is 1.43. The predicted octanol–water partition coefficient (Wildman–Crippen LogP) is 2.05. The first-order valence-corrected chi connectivity index (χ1v) is 8.28. The van der Waals surface area contributed by atoms with Gasteiger partial charge in [0.05, 0.1) is 0 Å². The molecule has 1 atom stereocenters. The minimum Gasteiger partial charge on any atom is -0.305 e. The second-order valence-electron chi connectivity index (χ2n) is 4.97. The average Bonchev–Trinajstić information content (AvgIpc) is 2.76. The number of hydrogen-bond donors (Lipinski definition) is 0. The fourth-order valence-corrected chi connectivity index (χ4v) is 4.86. The summed E-state index contributed by atoms with van der Waals surface area (Å²) in [7, 11) is -0.225. The Hall–Kier alpha value is -0.570. The molecule has 1 heterocycles. The highest BCUT2D eigenvalue weighted by atomic mass is 79.9. The number of hydrogen-bond acceptors (Lipinski definition) is 3. The van der Waals surface area contributed by atoms with Crippen LogP contribution in [0.25, 0.3) is 0 Å². The van der Waals surface area contributed by atoms with E-state index in [1.807, 2.05) is 19.0 Å². The number of sulfonamides is 1. The van der Waals surface area contributed by atoms with Crippen molar-refractivity contribution >= 4 is 26.0 Å². The molecular formula is C12H15BrF2N2O2S. The Morgan fingerprint density at radius 2 is 2.00 bits per heavy atom. The van der Waals surface area contributed by atoms with Crippen molar-refractivity contribution in [3.63, 3.8) is 0 Å². The molecule has 2 rings (SSSR count). The molecule has 1 saturated heterocycles. The van der Waals surface area contributed by atoms with Crippen LogP contribution in [0.5, 0.6) is 0 Å². The van der Waals surface area contributed by atoms with E-state index in [0.29, 0.717) is 25.6 Å².